The second-order valence-corrected chi connectivity index (χ2v) is 8.04. The predicted octanol–water partition coefficient (Wildman–Crippen LogP) is -0.559. The summed E-state index contributed by atoms with van der Waals surface area (Å²) in [6, 6.07) is 5.05. The zero-order chi connectivity index (χ0) is 20.6. The van der Waals surface area contributed by atoms with Crippen LogP contribution in [-0.4, -0.2) is 91.2 Å². The highest BCUT2D eigenvalue weighted by molar-refractivity contribution is 6.01. The summed E-state index contributed by atoms with van der Waals surface area (Å²) in [6.07, 6.45) is 1.28. The number of carbonyl (C=O) groups is 3. The van der Waals surface area contributed by atoms with Gasteiger partial charge in [-0.2, -0.15) is 0 Å². The van der Waals surface area contributed by atoms with E-state index in [-0.39, 0.29) is 37.4 Å². The van der Waals surface area contributed by atoms with Crippen LogP contribution in [0.5, 0.6) is 5.75 Å². The largest absolute Gasteiger partial charge is 0.482 e. The number of amides is 3. The number of likely N-dealkylation sites (tertiary alicyclic amines) is 1. The third-order valence-electron chi connectivity index (χ3n) is 5.77. The fourth-order valence-electron chi connectivity index (χ4n) is 4.25. The fourth-order valence-corrected chi connectivity index (χ4v) is 4.25. The maximum Gasteiger partial charge on any atom is 0.264 e. The first kappa shape index (κ1) is 19.7. The van der Waals surface area contributed by atoms with Crippen molar-refractivity contribution < 1.29 is 24.2 Å². The molecule has 2 saturated heterocycles. The number of benzene rings is 1. The van der Waals surface area contributed by atoms with Gasteiger partial charge in [-0.25, -0.2) is 0 Å². The molecule has 3 amide bonds. The van der Waals surface area contributed by atoms with E-state index in [0.717, 1.165) is 0 Å². The Bertz CT molecular complexity index is 844. The first-order chi connectivity index (χ1) is 13.8. The van der Waals surface area contributed by atoms with Crippen LogP contribution in [0.1, 0.15) is 23.2 Å². The van der Waals surface area contributed by atoms with E-state index >= 15 is 0 Å². The van der Waals surface area contributed by atoms with E-state index < -0.39 is 5.60 Å². The molecule has 156 valence electrons. The molecular formula is C20H26N4O5. The Kier molecular flexibility index (Phi) is 5.18. The van der Waals surface area contributed by atoms with Crippen molar-refractivity contribution >= 4 is 23.4 Å². The zero-order valence-electron chi connectivity index (χ0n) is 16.5. The van der Waals surface area contributed by atoms with Crippen LogP contribution in [0, 0.1) is 0 Å². The normalized spacial score (nSPS) is 25.3. The molecule has 1 atom stereocenters. The topological polar surface area (TPSA) is 102 Å². The average Bonchev–Trinajstić information content (AvgIpc) is 2.70. The Morgan fingerprint density at radius 3 is 2.93 bits per heavy atom. The van der Waals surface area contributed by atoms with E-state index in [4.69, 9.17) is 4.74 Å². The zero-order valence-corrected chi connectivity index (χ0v) is 16.5. The third kappa shape index (κ3) is 4.06. The van der Waals surface area contributed by atoms with Gasteiger partial charge in [0.25, 0.3) is 11.8 Å². The molecular weight excluding hydrogens is 376 g/mol. The van der Waals surface area contributed by atoms with Gasteiger partial charge in [-0.3, -0.25) is 19.3 Å². The molecule has 1 unspecified atom stereocenters. The number of β-amino-alcohol motifs (C(OH)–C–C–N with tert-alkyl or cyclic N) is 1. The number of hydrogen-bond acceptors (Lipinski definition) is 6. The number of piperidine rings is 1. The molecule has 3 aliphatic heterocycles. The number of piperazine rings is 1. The van der Waals surface area contributed by atoms with Crippen molar-refractivity contribution in [3.05, 3.63) is 23.8 Å². The van der Waals surface area contributed by atoms with Crippen molar-refractivity contribution in [2.24, 2.45) is 0 Å². The van der Waals surface area contributed by atoms with E-state index in [1.807, 2.05) is 4.90 Å². The van der Waals surface area contributed by atoms with Crippen LogP contribution in [-0.2, 0) is 9.59 Å². The summed E-state index contributed by atoms with van der Waals surface area (Å²) in [4.78, 5) is 41.7. The minimum Gasteiger partial charge on any atom is -0.482 e. The lowest BCUT2D eigenvalue weighted by atomic mass is 9.91. The highest BCUT2D eigenvalue weighted by Crippen LogP contribution is 2.33. The van der Waals surface area contributed by atoms with Gasteiger partial charge in [0.1, 0.15) is 5.75 Å². The Labute approximate surface area is 169 Å². The number of anilines is 1. The van der Waals surface area contributed by atoms with Crippen LogP contribution in [0.15, 0.2) is 18.2 Å². The molecule has 3 aliphatic rings. The Balaban J connectivity index is 1.47. The highest BCUT2D eigenvalue weighted by atomic mass is 16.5. The van der Waals surface area contributed by atoms with Gasteiger partial charge in [-0.05, 0) is 31.0 Å². The molecule has 0 aromatic heterocycles. The van der Waals surface area contributed by atoms with Gasteiger partial charge >= 0.3 is 0 Å². The quantitative estimate of drug-likeness (QED) is 0.703. The van der Waals surface area contributed by atoms with Gasteiger partial charge in [0, 0.05) is 38.8 Å². The molecule has 9 heteroatoms. The third-order valence-corrected chi connectivity index (χ3v) is 5.77. The molecule has 1 aromatic rings. The van der Waals surface area contributed by atoms with E-state index in [1.54, 1.807) is 30.1 Å². The maximum absolute atomic E-state index is 13.1. The maximum atomic E-state index is 13.1. The van der Waals surface area contributed by atoms with Gasteiger partial charge in [-0.15, -0.1) is 0 Å². The lowest BCUT2D eigenvalue weighted by Crippen LogP contribution is -2.58. The van der Waals surface area contributed by atoms with Crippen LogP contribution < -0.4 is 15.0 Å². The molecule has 4 rings (SSSR count). The van der Waals surface area contributed by atoms with Crippen molar-refractivity contribution in [3.8, 4) is 5.75 Å². The van der Waals surface area contributed by atoms with Gasteiger partial charge in [-0.1, -0.05) is 0 Å². The molecule has 3 heterocycles. The van der Waals surface area contributed by atoms with Crippen LogP contribution >= 0.6 is 0 Å². The number of carbonyl (C=O) groups excluding carboxylic acids is 3. The number of likely N-dealkylation sites (N-methyl/N-ethyl adjacent to an activating group) is 1. The lowest BCUT2D eigenvalue weighted by Gasteiger charge is -2.42. The van der Waals surface area contributed by atoms with Crippen molar-refractivity contribution in [3.63, 3.8) is 0 Å². The van der Waals surface area contributed by atoms with E-state index in [2.05, 4.69) is 5.32 Å². The lowest BCUT2D eigenvalue weighted by molar-refractivity contribution is -0.126. The molecule has 2 N–H and O–H groups in total. The number of fused-ring (bicyclic) bond motifs is 1. The van der Waals surface area contributed by atoms with Gasteiger partial charge < -0.3 is 25.0 Å². The Morgan fingerprint density at radius 1 is 1.31 bits per heavy atom. The summed E-state index contributed by atoms with van der Waals surface area (Å²) >= 11 is 0. The highest BCUT2D eigenvalue weighted by Gasteiger charge is 2.38. The summed E-state index contributed by atoms with van der Waals surface area (Å²) in [5.41, 5.74) is -0.0236. The van der Waals surface area contributed by atoms with E-state index in [9.17, 15) is 19.5 Å². The minimum atomic E-state index is -1.05. The van der Waals surface area contributed by atoms with Crippen molar-refractivity contribution in [2.75, 3.05) is 57.8 Å². The summed E-state index contributed by atoms with van der Waals surface area (Å²) in [7, 11) is 1.66. The summed E-state index contributed by atoms with van der Waals surface area (Å²) < 4.78 is 5.42. The minimum absolute atomic E-state index is 0.00945. The van der Waals surface area contributed by atoms with Crippen molar-refractivity contribution in [1.29, 1.82) is 0 Å². The van der Waals surface area contributed by atoms with Gasteiger partial charge in [0.05, 0.1) is 24.4 Å². The van der Waals surface area contributed by atoms with Crippen molar-refractivity contribution in [2.45, 2.75) is 18.4 Å². The Morgan fingerprint density at radius 2 is 2.14 bits per heavy atom. The first-order valence-corrected chi connectivity index (χ1v) is 9.89. The molecule has 1 aromatic carbocycles. The molecule has 0 saturated carbocycles. The van der Waals surface area contributed by atoms with Crippen LogP contribution in [0.3, 0.4) is 0 Å². The first-order valence-electron chi connectivity index (χ1n) is 9.89. The Hall–Kier alpha value is -2.65. The smallest absolute Gasteiger partial charge is 0.264 e. The molecule has 9 nitrogen and oxygen atoms in total. The molecule has 0 spiro atoms. The molecule has 0 bridgehead atoms. The van der Waals surface area contributed by atoms with Crippen LogP contribution in [0.2, 0.25) is 0 Å². The van der Waals surface area contributed by atoms with E-state index in [0.29, 0.717) is 56.0 Å². The second-order valence-electron chi connectivity index (χ2n) is 8.04. The van der Waals surface area contributed by atoms with E-state index in [1.165, 1.54) is 4.90 Å². The number of ether oxygens (including phenoxy) is 1. The molecule has 2 fully saturated rings. The summed E-state index contributed by atoms with van der Waals surface area (Å²) in [6.45, 7) is 2.65. The number of rotatable bonds is 3. The van der Waals surface area contributed by atoms with Gasteiger partial charge in [0.15, 0.2) is 6.61 Å². The van der Waals surface area contributed by atoms with Gasteiger partial charge in [0.2, 0.25) is 5.91 Å². The molecule has 0 aliphatic carbocycles. The van der Waals surface area contributed by atoms with Crippen LogP contribution in [0.25, 0.3) is 0 Å². The predicted molar refractivity (Wildman–Crippen MR) is 105 cm³/mol. The summed E-state index contributed by atoms with van der Waals surface area (Å²) in [5.74, 6) is 0.175. The van der Waals surface area contributed by atoms with Crippen molar-refractivity contribution in [1.82, 2.24) is 15.1 Å². The number of nitrogens with one attached hydrogen (secondary N) is 1. The fraction of sp³-hybridized carbons (Fsp3) is 0.550. The number of hydrogen-bond donors (Lipinski definition) is 2. The molecule has 29 heavy (non-hydrogen) atoms. The number of nitrogens with zero attached hydrogens (tertiary/aromatic N) is 3. The molecule has 0 radical (unpaired) electrons. The second kappa shape index (κ2) is 7.64. The average molecular weight is 402 g/mol. The standard InChI is InChI=1S/C20H26N4O5/c1-22-15-9-14(3-4-16(15)29-11-18(22)26)19(27)24-7-2-5-20(28,13-24)12-23-8-6-21-17(25)10-23/h3-4,9,28H,2,5-8,10-13H2,1H3,(H,21,25). The SMILES string of the molecule is CN1C(=O)COc2ccc(C(=O)N3CCCC(O)(CN4CCNC(=O)C4)C3)cc21. The monoisotopic (exact) mass is 402 g/mol. The van der Waals surface area contributed by atoms with Crippen LogP contribution in [0.4, 0.5) is 5.69 Å². The summed E-state index contributed by atoms with van der Waals surface area (Å²) in [5, 5.41) is 13.9. The number of aliphatic hydroxyl groups is 1.